The summed E-state index contributed by atoms with van der Waals surface area (Å²) in [6.07, 6.45) is 3.12. The van der Waals surface area contributed by atoms with Crippen LogP contribution in [0.15, 0.2) is 24.3 Å². The van der Waals surface area contributed by atoms with Crippen LogP contribution in [0.3, 0.4) is 0 Å². The minimum atomic E-state index is -0.629. The van der Waals surface area contributed by atoms with E-state index in [0.717, 1.165) is 24.2 Å². The lowest BCUT2D eigenvalue weighted by molar-refractivity contribution is -0.142. The van der Waals surface area contributed by atoms with Gasteiger partial charge in [0.2, 0.25) is 0 Å². The van der Waals surface area contributed by atoms with Crippen molar-refractivity contribution >= 4 is 5.97 Å². The third-order valence-corrected chi connectivity index (χ3v) is 3.64. The van der Waals surface area contributed by atoms with Crippen molar-refractivity contribution in [1.82, 2.24) is 0 Å². The van der Waals surface area contributed by atoms with Crippen molar-refractivity contribution in [2.75, 3.05) is 13.7 Å². The first kappa shape index (κ1) is 15.8. The molecule has 0 amide bonds. The summed E-state index contributed by atoms with van der Waals surface area (Å²) in [6.45, 7) is 2.66. The van der Waals surface area contributed by atoms with Crippen LogP contribution in [-0.4, -0.2) is 37.9 Å². The Kier molecular flexibility index (Phi) is 5.59. The highest BCUT2D eigenvalue weighted by molar-refractivity contribution is 5.75. The van der Waals surface area contributed by atoms with Crippen LogP contribution >= 0.6 is 0 Å². The molecule has 3 unspecified atom stereocenters. The van der Waals surface area contributed by atoms with Crippen molar-refractivity contribution in [3.63, 3.8) is 0 Å². The number of esters is 1. The van der Waals surface area contributed by atoms with E-state index in [1.54, 1.807) is 0 Å². The van der Waals surface area contributed by atoms with Crippen LogP contribution in [0.25, 0.3) is 0 Å². The molecule has 1 fully saturated rings. The molecule has 21 heavy (non-hydrogen) atoms. The number of benzene rings is 1. The molecule has 2 N–H and O–H groups in total. The summed E-state index contributed by atoms with van der Waals surface area (Å²) in [5.41, 5.74) is 6.71. The third-order valence-electron chi connectivity index (χ3n) is 3.64. The van der Waals surface area contributed by atoms with Crippen LogP contribution < -0.4 is 10.5 Å². The molecule has 0 aliphatic carbocycles. The van der Waals surface area contributed by atoms with E-state index in [-0.39, 0.29) is 6.10 Å². The van der Waals surface area contributed by atoms with Gasteiger partial charge in [-0.05, 0) is 43.9 Å². The SMILES string of the molecule is COC(=O)C(N)Cc1ccc(OCC2CCC(C)O2)cc1. The van der Waals surface area contributed by atoms with E-state index in [1.807, 2.05) is 24.3 Å². The van der Waals surface area contributed by atoms with Crippen LogP contribution in [-0.2, 0) is 20.7 Å². The van der Waals surface area contributed by atoms with Crippen molar-refractivity contribution in [2.45, 2.75) is 44.4 Å². The molecular formula is C16H23NO4. The Bertz CT molecular complexity index is 460. The van der Waals surface area contributed by atoms with Gasteiger partial charge in [0.25, 0.3) is 0 Å². The number of hydrogen-bond donors (Lipinski definition) is 1. The molecule has 0 saturated carbocycles. The number of methoxy groups -OCH3 is 1. The van der Waals surface area contributed by atoms with Gasteiger partial charge in [-0.1, -0.05) is 12.1 Å². The number of ether oxygens (including phenoxy) is 3. The molecule has 0 bridgehead atoms. The topological polar surface area (TPSA) is 70.8 Å². The summed E-state index contributed by atoms with van der Waals surface area (Å²) >= 11 is 0. The van der Waals surface area contributed by atoms with E-state index in [2.05, 4.69) is 11.7 Å². The molecule has 0 spiro atoms. The molecule has 1 aliphatic heterocycles. The number of carbonyl (C=O) groups is 1. The van der Waals surface area contributed by atoms with Gasteiger partial charge in [0, 0.05) is 0 Å². The highest BCUT2D eigenvalue weighted by atomic mass is 16.5. The average Bonchev–Trinajstić information content (AvgIpc) is 2.91. The zero-order valence-corrected chi connectivity index (χ0v) is 12.6. The van der Waals surface area contributed by atoms with Crippen molar-refractivity contribution in [2.24, 2.45) is 5.73 Å². The Labute approximate surface area is 125 Å². The van der Waals surface area contributed by atoms with Crippen molar-refractivity contribution in [1.29, 1.82) is 0 Å². The van der Waals surface area contributed by atoms with E-state index in [1.165, 1.54) is 7.11 Å². The Morgan fingerprint density at radius 3 is 2.67 bits per heavy atom. The molecule has 1 aromatic carbocycles. The van der Waals surface area contributed by atoms with E-state index >= 15 is 0 Å². The second kappa shape index (κ2) is 7.43. The maximum atomic E-state index is 11.3. The fourth-order valence-corrected chi connectivity index (χ4v) is 2.41. The van der Waals surface area contributed by atoms with Gasteiger partial charge in [-0.3, -0.25) is 4.79 Å². The van der Waals surface area contributed by atoms with Gasteiger partial charge in [-0.15, -0.1) is 0 Å². The van der Waals surface area contributed by atoms with Crippen LogP contribution in [0.5, 0.6) is 5.75 Å². The van der Waals surface area contributed by atoms with Crippen LogP contribution in [0.4, 0.5) is 0 Å². The molecule has 1 aliphatic rings. The molecule has 1 heterocycles. The van der Waals surface area contributed by atoms with Gasteiger partial charge < -0.3 is 19.9 Å². The number of hydrogen-bond acceptors (Lipinski definition) is 5. The van der Waals surface area contributed by atoms with Gasteiger partial charge in [-0.2, -0.15) is 0 Å². The van der Waals surface area contributed by atoms with Gasteiger partial charge in [0.15, 0.2) is 0 Å². The predicted molar refractivity (Wildman–Crippen MR) is 79.2 cm³/mol. The highest BCUT2D eigenvalue weighted by Gasteiger charge is 2.22. The van der Waals surface area contributed by atoms with Crippen LogP contribution in [0.2, 0.25) is 0 Å². The fraction of sp³-hybridized carbons (Fsp3) is 0.562. The summed E-state index contributed by atoms with van der Waals surface area (Å²) in [6, 6.07) is 6.97. The third kappa shape index (κ3) is 4.72. The van der Waals surface area contributed by atoms with Crippen LogP contribution in [0, 0.1) is 0 Å². The molecule has 0 aromatic heterocycles. The summed E-state index contributed by atoms with van der Waals surface area (Å²) in [5, 5.41) is 0. The minimum absolute atomic E-state index is 0.187. The van der Waals surface area contributed by atoms with E-state index in [0.29, 0.717) is 19.1 Å². The molecule has 5 heteroatoms. The highest BCUT2D eigenvalue weighted by Crippen LogP contribution is 2.21. The lowest BCUT2D eigenvalue weighted by Gasteiger charge is -2.13. The van der Waals surface area contributed by atoms with Gasteiger partial charge >= 0.3 is 5.97 Å². The number of nitrogens with two attached hydrogens (primary N) is 1. The zero-order valence-electron chi connectivity index (χ0n) is 12.6. The Hall–Kier alpha value is -1.59. The van der Waals surface area contributed by atoms with Crippen LogP contribution in [0.1, 0.15) is 25.3 Å². The largest absolute Gasteiger partial charge is 0.491 e. The normalized spacial score (nSPS) is 22.8. The van der Waals surface area contributed by atoms with Gasteiger partial charge in [0.05, 0.1) is 19.3 Å². The lowest BCUT2D eigenvalue weighted by atomic mass is 10.1. The maximum absolute atomic E-state index is 11.3. The molecule has 1 aromatic rings. The molecule has 0 radical (unpaired) electrons. The van der Waals surface area contributed by atoms with Gasteiger partial charge in [-0.25, -0.2) is 0 Å². The molecule has 3 atom stereocenters. The Balaban J connectivity index is 1.80. The van der Waals surface area contributed by atoms with E-state index in [4.69, 9.17) is 15.2 Å². The molecular weight excluding hydrogens is 270 g/mol. The quantitative estimate of drug-likeness (QED) is 0.808. The van der Waals surface area contributed by atoms with Crippen molar-refractivity contribution < 1.29 is 19.0 Å². The average molecular weight is 293 g/mol. The molecule has 2 rings (SSSR count). The Morgan fingerprint density at radius 1 is 1.38 bits per heavy atom. The summed E-state index contributed by atoms with van der Waals surface area (Å²) in [4.78, 5) is 11.3. The van der Waals surface area contributed by atoms with Gasteiger partial charge in [0.1, 0.15) is 18.4 Å². The summed E-state index contributed by atoms with van der Waals surface area (Å²) in [5.74, 6) is 0.399. The zero-order chi connectivity index (χ0) is 15.2. The molecule has 1 saturated heterocycles. The number of rotatable bonds is 6. The van der Waals surface area contributed by atoms with Crippen molar-refractivity contribution in [3.05, 3.63) is 29.8 Å². The maximum Gasteiger partial charge on any atom is 0.322 e. The minimum Gasteiger partial charge on any atom is -0.491 e. The lowest BCUT2D eigenvalue weighted by Crippen LogP contribution is -2.33. The summed E-state index contributed by atoms with van der Waals surface area (Å²) < 4.78 is 16.0. The standard InChI is InChI=1S/C16H23NO4/c1-11-3-6-14(21-11)10-20-13-7-4-12(5-8-13)9-15(17)16(18)19-2/h4-5,7-8,11,14-15H,3,6,9-10,17H2,1-2H3. The second-order valence-corrected chi connectivity index (χ2v) is 5.43. The first-order valence-electron chi connectivity index (χ1n) is 7.29. The fourth-order valence-electron chi connectivity index (χ4n) is 2.41. The van der Waals surface area contributed by atoms with E-state index < -0.39 is 12.0 Å². The summed E-state index contributed by atoms with van der Waals surface area (Å²) in [7, 11) is 1.34. The van der Waals surface area contributed by atoms with Crippen molar-refractivity contribution in [3.8, 4) is 5.75 Å². The first-order valence-corrected chi connectivity index (χ1v) is 7.29. The number of carbonyl (C=O) groups excluding carboxylic acids is 1. The first-order chi connectivity index (χ1) is 10.1. The molecule has 5 nitrogen and oxygen atoms in total. The second-order valence-electron chi connectivity index (χ2n) is 5.43. The smallest absolute Gasteiger partial charge is 0.322 e. The molecule has 116 valence electrons. The predicted octanol–water partition coefficient (Wildman–Crippen LogP) is 1.68. The monoisotopic (exact) mass is 293 g/mol. The Morgan fingerprint density at radius 2 is 2.10 bits per heavy atom. The van der Waals surface area contributed by atoms with E-state index in [9.17, 15) is 4.79 Å².